The van der Waals surface area contributed by atoms with Crippen LogP contribution in [0.4, 0.5) is 0 Å². The number of aromatic nitrogens is 3. The minimum absolute atomic E-state index is 0.207. The van der Waals surface area contributed by atoms with Crippen LogP contribution in [0.2, 0.25) is 0 Å². The second kappa shape index (κ2) is 5.83. The molecule has 5 nitrogen and oxygen atoms in total. The van der Waals surface area contributed by atoms with Crippen molar-refractivity contribution in [2.75, 3.05) is 0 Å². The minimum atomic E-state index is -0.228. The van der Waals surface area contributed by atoms with Gasteiger partial charge in [0.15, 0.2) is 5.01 Å². The quantitative estimate of drug-likeness (QED) is 0.693. The van der Waals surface area contributed by atoms with Gasteiger partial charge in [0, 0.05) is 6.07 Å². The summed E-state index contributed by atoms with van der Waals surface area (Å²) in [6, 6.07) is 9.15. The molecule has 108 valence electrons. The normalized spacial score (nSPS) is 11.0. The van der Waals surface area contributed by atoms with E-state index in [1.54, 1.807) is 0 Å². The molecule has 0 bridgehead atoms. The standard InChI is InChI=1S/C14H12ClN3O2S/c1-9-4-2-3-5-11(9)20-8-12-17-18-13(19)6-10(7-15)16-14(18)21-12/h2-6H,7-8H2,1H3. The zero-order chi connectivity index (χ0) is 14.8. The molecule has 0 fully saturated rings. The first-order valence-corrected chi connectivity index (χ1v) is 7.65. The van der Waals surface area contributed by atoms with E-state index in [1.807, 2.05) is 31.2 Å². The average molecular weight is 322 g/mol. The van der Waals surface area contributed by atoms with E-state index < -0.39 is 0 Å². The van der Waals surface area contributed by atoms with Crippen molar-refractivity contribution in [3.63, 3.8) is 0 Å². The summed E-state index contributed by atoms with van der Waals surface area (Å²) in [6.45, 7) is 2.28. The predicted molar refractivity (Wildman–Crippen MR) is 82.2 cm³/mol. The molecule has 0 spiro atoms. The van der Waals surface area contributed by atoms with Crippen molar-refractivity contribution in [2.24, 2.45) is 0 Å². The van der Waals surface area contributed by atoms with Crippen LogP contribution in [0.5, 0.6) is 5.75 Å². The zero-order valence-electron chi connectivity index (χ0n) is 11.2. The molecule has 0 aliphatic carbocycles. The number of halogens is 1. The summed E-state index contributed by atoms with van der Waals surface area (Å²) in [5.74, 6) is 1.01. The molecule has 0 radical (unpaired) electrons. The third kappa shape index (κ3) is 2.91. The van der Waals surface area contributed by atoms with Gasteiger partial charge in [0.2, 0.25) is 4.96 Å². The number of hydrogen-bond acceptors (Lipinski definition) is 5. The van der Waals surface area contributed by atoms with Crippen LogP contribution in [0.25, 0.3) is 4.96 Å². The van der Waals surface area contributed by atoms with Gasteiger partial charge in [-0.05, 0) is 18.6 Å². The van der Waals surface area contributed by atoms with E-state index in [1.165, 1.54) is 21.9 Å². The number of hydrogen-bond donors (Lipinski definition) is 0. The van der Waals surface area contributed by atoms with E-state index in [9.17, 15) is 4.79 Å². The fourth-order valence-electron chi connectivity index (χ4n) is 1.88. The van der Waals surface area contributed by atoms with Crippen molar-refractivity contribution < 1.29 is 4.74 Å². The topological polar surface area (TPSA) is 56.5 Å². The predicted octanol–water partition coefficient (Wildman–Crippen LogP) is 2.78. The van der Waals surface area contributed by atoms with Crippen LogP contribution in [-0.4, -0.2) is 14.6 Å². The first-order chi connectivity index (χ1) is 10.2. The fraction of sp³-hybridized carbons (Fsp3) is 0.214. The van der Waals surface area contributed by atoms with Crippen LogP contribution < -0.4 is 10.3 Å². The molecule has 0 saturated carbocycles. The lowest BCUT2D eigenvalue weighted by Gasteiger charge is -2.05. The van der Waals surface area contributed by atoms with Crippen LogP contribution in [0.15, 0.2) is 35.1 Å². The molecular formula is C14H12ClN3O2S. The van der Waals surface area contributed by atoms with Crippen molar-refractivity contribution in [2.45, 2.75) is 19.4 Å². The number of nitrogens with zero attached hydrogens (tertiary/aromatic N) is 3. The number of rotatable bonds is 4. The highest BCUT2D eigenvalue weighted by atomic mass is 35.5. The van der Waals surface area contributed by atoms with Crippen molar-refractivity contribution in [1.82, 2.24) is 14.6 Å². The van der Waals surface area contributed by atoms with Gasteiger partial charge in [0.1, 0.15) is 12.4 Å². The van der Waals surface area contributed by atoms with Gasteiger partial charge in [0.25, 0.3) is 5.56 Å². The Balaban J connectivity index is 1.87. The lowest BCUT2D eigenvalue weighted by molar-refractivity contribution is 0.302. The van der Waals surface area contributed by atoms with Gasteiger partial charge in [-0.15, -0.1) is 11.6 Å². The highest BCUT2D eigenvalue weighted by molar-refractivity contribution is 7.16. The Hall–Kier alpha value is -1.92. The Morgan fingerprint density at radius 2 is 2.19 bits per heavy atom. The third-order valence-corrected chi connectivity index (χ3v) is 4.08. The number of benzene rings is 1. The number of fused-ring (bicyclic) bond motifs is 1. The summed E-state index contributed by atoms with van der Waals surface area (Å²) >= 11 is 7.04. The molecule has 0 atom stereocenters. The molecule has 21 heavy (non-hydrogen) atoms. The van der Waals surface area contributed by atoms with Gasteiger partial charge in [-0.25, -0.2) is 4.98 Å². The largest absolute Gasteiger partial charge is 0.486 e. The summed E-state index contributed by atoms with van der Waals surface area (Å²) in [5, 5.41) is 4.91. The molecule has 3 aromatic rings. The summed E-state index contributed by atoms with van der Waals surface area (Å²) in [4.78, 5) is 16.7. The summed E-state index contributed by atoms with van der Waals surface area (Å²) < 4.78 is 7.00. The number of para-hydroxylation sites is 1. The summed E-state index contributed by atoms with van der Waals surface area (Å²) in [5.41, 5.74) is 1.38. The SMILES string of the molecule is Cc1ccccc1OCc1nn2c(=O)cc(CCl)nc2s1. The molecule has 1 aromatic carbocycles. The van der Waals surface area contributed by atoms with Crippen LogP contribution in [0, 0.1) is 6.92 Å². The molecular weight excluding hydrogens is 310 g/mol. The highest BCUT2D eigenvalue weighted by Crippen LogP contribution is 2.19. The first kappa shape index (κ1) is 14.0. The Bertz CT molecular complexity index is 844. The third-order valence-electron chi connectivity index (χ3n) is 2.92. The second-order valence-electron chi connectivity index (χ2n) is 4.46. The maximum Gasteiger partial charge on any atom is 0.275 e. The molecule has 7 heteroatoms. The molecule has 3 rings (SSSR count). The van der Waals surface area contributed by atoms with Gasteiger partial charge in [-0.2, -0.15) is 9.61 Å². The average Bonchev–Trinajstić information content (AvgIpc) is 2.90. The van der Waals surface area contributed by atoms with Crippen LogP contribution in [0.3, 0.4) is 0 Å². The summed E-state index contributed by atoms with van der Waals surface area (Å²) in [6.07, 6.45) is 0. The molecule has 0 N–H and O–H groups in total. The van der Waals surface area contributed by atoms with Crippen LogP contribution in [0.1, 0.15) is 16.3 Å². The van der Waals surface area contributed by atoms with E-state index in [0.717, 1.165) is 11.3 Å². The van der Waals surface area contributed by atoms with Crippen molar-refractivity contribution >= 4 is 27.9 Å². The molecule has 2 aromatic heterocycles. The highest BCUT2D eigenvalue weighted by Gasteiger charge is 2.09. The van der Waals surface area contributed by atoms with Gasteiger partial charge in [-0.1, -0.05) is 29.5 Å². The molecule has 0 aliphatic rings. The maximum absolute atomic E-state index is 11.9. The maximum atomic E-state index is 11.9. The lowest BCUT2D eigenvalue weighted by atomic mass is 10.2. The molecule has 0 aliphatic heterocycles. The summed E-state index contributed by atoms with van der Waals surface area (Å²) in [7, 11) is 0. The number of ether oxygens (including phenoxy) is 1. The van der Waals surface area contributed by atoms with E-state index >= 15 is 0 Å². The van der Waals surface area contributed by atoms with Crippen molar-refractivity contribution in [3.8, 4) is 5.75 Å². The Morgan fingerprint density at radius 3 is 2.95 bits per heavy atom. The molecule has 0 unspecified atom stereocenters. The first-order valence-electron chi connectivity index (χ1n) is 6.30. The minimum Gasteiger partial charge on any atom is -0.486 e. The fourth-order valence-corrected chi connectivity index (χ4v) is 2.85. The van der Waals surface area contributed by atoms with E-state index in [4.69, 9.17) is 16.3 Å². The van der Waals surface area contributed by atoms with E-state index in [0.29, 0.717) is 22.3 Å². The monoisotopic (exact) mass is 321 g/mol. The van der Waals surface area contributed by atoms with E-state index in [2.05, 4.69) is 10.1 Å². The number of aryl methyl sites for hydroxylation is 1. The Labute approximate surface area is 129 Å². The number of alkyl halides is 1. The van der Waals surface area contributed by atoms with Crippen LogP contribution >= 0.6 is 22.9 Å². The smallest absolute Gasteiger partial charge is 0.275 e. The van der Waals surface area contributed by atoms with Gasteiger partial charge < -0.3 is 4.74 Å². The van der Waals surface area contributed by atoms with Crippen LogP contribution in [-0.2, 0) is 12.5 Å². The Kier molecular flexibility index (Phi) is 3.90. The van der Waals surface area contributed by atoms with Gasteiger partial charge in [-0.3, -0.25) is 4.79 Å². The molecule has 2 heterocycles. The van der Waals surface area contributed by atoms with Crippen molar-refractivity contribution in [1.29, 1.82) is 0 Å². The van der Waals surface area contributed by atoms with Gasteiger partial charge >= 0.3 is 0 Å². The lowest BCUT2D eigenvalue weighted by Crippen LogP contribution is -2.15. The zero-order valence-corrected chi connectivity index (χ0v) is 12.8. The second-order valence-corrected chi connectivity index (χ2v) is 5.77. The van der Waals surface area contributed by atoms with E-state index in [-0.39, 0.29) is 11.4 Å². The van der Waals surface area contributed by atoms with Crippen molar-refractivity contribution in [3.05, 3.63) is 57.0 Å². The van der Waals surface area contributed by atoms with Gasteiger partial charge in [0.05, 0.1) is 11.6 Å². The molecule has 0 amide bonds. The Morgan fingerprint density at radius 1 is 1.38 bits per heavy atom. The molecule has 0 saturated heterocycles.